The molecule has 1 aliphatic rings. The van der Waals surface area contributed by atoms with Crippen molar-refractivity contribution in [2.45, 2.75) is 38.8 Å². The number of nitrogens with one attached hydrogen (secondary N) is 1. The van der Waals surface area contributed by atoms with Crippen molar-refractivity contribution in [2.24, 2.45) is 0 Å². The van der Waals surface area contributed by atoms with Gasteiger partial charge in [0.05, 0.1) is 17.7 Å². The summed E-state index contributed by atoms with van der Waals surface area (Å²) in [6, 6.07) is 13.2. The summed E-state index contributed by atoms with van der Waals surface area (Å²) in [7, 11) is 3.45. The molecule has 1 unspecified atom stereocenters. The highest BCUT2D eigenvalue weighted by Crippen LogP contribution is 2.37. The number of aromatic nitrogens is 2. The molecule has 164 valence electrons. The second kappa shape index (κ2) is 8.71. The van der Waals surface area contributed by atoms with Crippen LogP contribution in [0.25, 0.3) is 22.8 Å². The fraction of sp³-hybridized carbons (Fsp3) is 0.333. The molecule has 0 bridgehead atoms. The van der Waals surface area contributed by atoms with Crippen molar-refractivity contribution >= 4 is 6.03 Å². The Morgan fingerprint density at radius 3 is 2.84 bits per heavy atom. The largest absolute Gasteiger partial charge is 0.490 e. The van der Waals surface area contributed by atoms with Crippen molar-refractivity contribution in [2.75, 3.05) is 14.1 Å². The molecule has 1 aliphatic carbocycles. The Hall–Kier alpha value is -3.86. The summed E-state index contributed by atoms with van der Waals surface area (Å²) in [6.07, 6.45) is 1.60. The molecule has 1 heterocycles. The van der Waals surface area contributed by atoms with E-state index in [0.717, 1.165) is 29.5 Å². The number of fused-ring (bicyclic) bond motifs is 1. The average Bonchev–Trinajstić information content (AvgIpc) is 3.41. The highest BCUT2D eigenvalue weighted by Gasteiger charge is 2.28. The molecule has 32 heavy (non-hydrogen) atoms. The van der Waals surface area contributed by atoms with Crippen LogP contribution in [0.15, 0.2) is 40.9 Å². The number of hydrogen-bond donors (Lipinski definition) is 1. The van der Waals surface area contributed by atoms with Crippen LogP contribution in [0.2, 0.25) is 0 Å². The zero-order valence-electron chi connectivity index (χ0n) is 18.5. The van der Waals surface area contributed by atoms with Crippen LogP contribution in [0, 0.1) is 11.3 Å². The first-order chi connectivity index (χ1) is 15.4. The van der Waals surface area contributed by atoms with Gasteiger partial charge >= 0.3 is 6.03 Å². The molecule has 0 fully saturated rings. The molecule has 1 aromatic heterocycles. The van der Waals surface area contributed by atoms with Crippen LogP contribution in [0.1, 0.15) is 43.0 Å². The Kier molecular flexibility index (Phi) is 5.82. The predicted molar refractivity (Wildman–Crippen MR) is 119 cm³/mol. The second-order valence-corrected chi connectivity index (χ2v) is 8.22. The SMILES string of the molecule is CC(C)Oc1ccc(-c2nc(-c3cccc4c3CCC4NC(=O)N(C)C)no2)cc1C#N. The number of hydrogen-bond acceptors (Lipinski definition) is 6. The maximum atomic E-state index is 12.1. The fourth-order valence-corrected chi connectivity index (χ4v) is 3.85. The van der Waals surface area contributed by atoms with Crippen molar-refractivity contribution in [1.29, 1.82) is 5.26 Å². The van der Waals surface area contributed by atoms with Gasteiger partial charge in [0, 0.05) is 25.2 Å². The summed E-state index contributed by atoms with van der Waals surface area (Å²) in [6.45, 7) is 3.82. The van der Waals surface area contributed by atoms with E-state index in [2.05, 4.69) is 21.5 Å². The van der Waals surface area contributed by atoms with Gasteiger partial charge in [-0.2, -0.15) is 10.2 Å². The quantitative estimate of drug-likeness (QED) is 0.645. The molecule has 1 N–H and O–H groups in total. The number of benzene rings is 2. The first-order valence-electron chi connectivity index (χ1n) is 10.5. The summed E-state index contributed by atoms with van der Waals surface area (Å²) < 4.78 is 11.2. The van der Waals surface area contributed by atoms with E-state index in [4.69, 9.17) is 9.26 Å². The Bertz CT molecular complexity index is 1190. The molecule has 1 atom stereocenters. The van der Waals surface area contributed by atoms with Crippen molar-refractivity contribution in [3.63, 3.8) is 0 Å². The van der Waals surface area contributed by atoms with E-state index in [-0.39, 0.29) is 18.2 Å². The summed E-state index contributed by atoms with van der Waals surface area (Å²) in [5, 5.41) is 16.7. The maximum absolute atomic E-state index is 12.1. The monoisotopic (exact) mass is 431 g/mol. The average molecular weight is 431 g/mol. The van der Waals surface area contributed by atoms with Crippen LogP contribution in [-0.4, -0.2) is 41.3 Å². The van der Waals surface area contributed by atoms with E-state index in [1.54, 1.807) is 32.3 Å². The highest BCUT2D eigenvalue weighted by atomic mass is 16.5. The lowest BCUT2D eigenvalue weighted by atomic mass is 10.0. The number of nitriles is 1. The Morgan fingerprint density at radius 2 is 2.12 bits per heavy atom. The predicted octanol–water partition coefficient (Wildman–Crippen LogP) is 4.32. The van der Waals surface area contributed by atoms with E-state index in [1.807, 2.05) is 32.0 Å². The van der Waals surface area contributed by atoms with E-state index in [9.17, 15) is 10.1 Å². The minimum atomic E-state index is -0.117. The number of ether oxygens (including phenoxy) is 1. The molecular weight excluding hydrogens is 406 g/mol. The standard InChI is InChI=1S/C24H25N5O3/c1-14(2)31-21-11-8-15(12-16(21)13-25)23-27-22(28-32-23)19-7-5-6-18-17(19)9-10-20(18)26-24(30)29(3)4/h5-8,11-12,14,20H,9-10H2,1-4H3,(H,26,30). The van der Waals surface area contributed by atoms with Gasteiger partial charge in [0.1, 0.15) is 11.8 Å². The van der Waals surface area contributed by atoms with Gasteiger partial charge in [-0.15, -0.1) is 0 Å². The van der Waals surface area contributed by atoms with Crippen LogP contribution in [0.4, 0.5) is 4.79 Å². The second-order valence-electron chi connectivity index (χ2n) is 8.22. The lowest BCUT2D eigenvalue weighted by Gasteiger charge is -2.18. The number of amides is 2. The molecule has 8 nitrogen and oxygen atoms in total. The van der Waals surface area contributed by atoms with Crippen LogP contribution in [-0.2, 0) is 6.42 Å². The minimum absolute atomic E-state index is 0.0329. The van der Waals surface area contributed by atoms with Crippen LogP contribution in [0.3, 0.4) is 0 Å². The summed E-state index contributed by atoms with van der Waals surface area (Å²) in [5.74, 6) is 1.34. The molecule has 2 aromatic carbocycles. The third-order valence-corrected chi connectivity index (χ3v) is 5.35. The van der Waals surface area contributed by atoms with Gasteiger partial charge in [-0.25, -0.2) is 4.79 Å². The zero-order valence-corrected chi connectivity index (χ0v) is 18.5. The van der Waals surface area contributed by atoms with Crippen LogP contribution in [0.5, 0.6) is 5.75 Å². The highest BCUT2D eigenvalue weighted by molar-refractivity contribution is 5.75. The molecule has 4 rings (SSSR count). The first-order valence-corrected chi connectivity index (χ1v) is 10.5. The Balaban J connectivity index is 1.62. The molecule has 2 amide bonds. The number of rotatable bonds is 5. The lowest BCUT2D eigenvalue weighted by Crippen LogP contribution is -2.36. The molecule has 0 saturated carbocycles. The van der Waals surface area contributed by atoms with Crippen LogP contribution < -0.4 is 10.1 Å². The van der Waals surface area contributed by atoms with Crippen molar-refractivity contribution in [3.8, 4) is 34.7 Å². The van der Waals surface area contributed by atoms with Gasteiger partial charge in [-0.3, -0.25) is 0 Å². The van der Waals surface area contributed by atoms with Crippen molar-refractivity contribution in [3.05, 3.63) is 53.1 Å². The van der Waals surface area contributed by atoms with Gasteiger partial charge in [0.25, 0.3) is 5.89 Å². The maximum Gasteiger partial charge on any atom is 0.317 e. The van der Waals surface area contributed by atoms with E-state index in [1.165, 1.54) is 4.90 Å². The molecule has 3 aromatic rings. The van der Waals surface area contributed by atoms with E-state index in [0.29, 0.717) is 28.6 Å². The van der Waals surface area contributed by atoms with Gasteiger partial charge in [0.15, 0.2) is 0 Å². The third kappa shape index (κ3) is 4.14. The zero-order chi connectivity index (χ0) is 22.8. The molecule has 0 saturated heterocycles. The number of urea groups is 1. The molecule has 0 aliphatic heterocycles. The van der Waals surface area contributed by atoms with Crippen molar-refractivity contribution < 1.29 is 14.1 Å². The summed E-state index contributed by atoms with van der Waals surface area (Å²) in [5.41, 5.74) is 4.14. The van der Waals surface area contributed by atoms with Gasteiger partial charge in [0.2, 0.25) is 5.82 Å². The number of nitrogens with zero attached hydrogens (tertiary/aromatic N) is 4. The van der Waals surface area contributed by atoms with E-state index >= 15 is 0 Å². The minimum Gasteiger partial charge on any atom is -0.490 e. The Labute approximate surface area is 186 Å². The fourth-order valence-electron chi connectivity index (χ4n) is 3.85. The number of carbonyl (C=O) groups is 1. The molecule has 8 heteroatoms. The first kappa shape index (κ1) is 21.4. The van der Waals surface area contributed by atoms with Gasteiger partial charge in [-0.1, -0.05) is 23.4 Å². The summed E-state index contributed by atoms with van der Waals surface area (Å²) in [4.78, 5) is 18.2. The molecule has 0 spiro atoms. The summed E-state index contributed by atoms with van der Waals surface area (Å²) >= 11 is 0. The topological polar surface area (TPSA) is 104 Å². The van der Waals surface area contributed by atoms with Gasteiger partial charge < -0.3 is 19.5 Å². The number of carbonyl (C=O) groups excluding carboxylic acids is 1. The smallest absolute Gasteiger partial charge is 0.317 e. The third-order valence-electron chi connectivity index (χ3n) is 5.35. The lowest BCUT2D eigenvalue weighted by molar-refractivity contribution is 0.213. The normalized spacial score (nSPS) is 14.7. The van der Waals surface area contributed by atoms with Crippen LogP contribution >= 0.6 is 0 Å². The molecular formula is C24H25N5O3. The van der Waals surface area contributed by atoms with Gasteiger partial charge in [-0.05, 0) is 56.0 Å². The van der Waals surface area contributed by atoms with E-state index < -0.39 is 0 Å². The molecule has 0 radical (unpaired) electrons. The Morgan fingerprint density at radius 1 is 1.31 bits per heavy atom. The van der Waals surface area contributed by atoms with Crippen molar-refractivity contribution in [1.82, 2.24) is 20.4 Å².